The molecule has 0 atom stereocenters. The fourth-order valence-electron chi connectivity index (χ4n) is 2.38. The topological polar surface area (TPSA) is 59.6 Å². The molecule has 0 radical (unpaired) electrons. The van der Waals surface area contributed by atoms with E-state index in [-0.39, 0.29) is 12.5 Å². The molecular weight excluding hydrogens is 340 g/mol. The summed E-state index contributed by atoms with van der Waals surface area (Å²) in [5.41, 5.74) is 2.89. The van der Waals surface area contributed by atoms with Crippen molar-refractivity contribution in [2.75, 3.05) is 32.6 Å². The highest BCUT2D eigenvalue weighted by molar-refractivity contribution is 6.33. The summed E-state index contributed by atoms with van der Waals surface area (Å²) in [5, 5.41) is 6.53. The Morgan fingerprint density at radius 2 is 1.84 bits per heavy atom. The maximum absolute atomic E-state index is 11.9. The summed E-state index contributed by atoms with van der Waals surface area (Å²) < 4.78 is 10.5. The third-order valence-electron chi connectivity index (χ3n) is 3.75. The number of rotatable bonds is 8. The Kier molecular flexibility index (Phi) is 6.95. The van der Waals surface area contributed by atoms with Gasteiger partial charge in [-0.1, -0.05) is 23.7 Å². The highest BCUT2D eigenvalue weighted by atomic mass is 35.5. The van der Waals surface area contributed by atoms with E-state index in [9.17, 15) is 4.79 Å². The van der Waals surface area contributed by atoms with Crippen LogP contribution < -0.4 is 20.1 Å². The fourth-order valence-corrected chi connectivity index (χ4v) is 2.69. The summed E-state index contributed by atoms with van der Waals surface area (Å²) >= 11 is 6.13. The quantitative estimate of drug-likeness (QED) is 0.755. The lowest BCUT2D eigenvalue weighted by Crippen LogP contribution is -2.31. The second kappa shape index (κ2) is 9.18. The Balaban J connectivity index is 1.78. The van der Waals surface area contributed by atoms with Gasteiger partial charge in [0.15, 0.2) is 11.5 Å². The molecule has 0 fully saturated rings. The lowest BCUT2D eigenvalue weighted by atomic mass is 10.1. The Labute approximate surface area is 153 Å². The number of hydrogen-bond acceptors (Lipinski definition) is 4. The van der Waals surface area contributed by atoms with Gasteiger partial charge in [0, 0.05) is 6.54 Å². The van der Waals surface area contributed by atoms with E-state index in [4.69, 9.17) is 21.1 Å². The predicted octanol–water partition coefficient (Wildman–Crippen LogP) is 3.44. The number of hydrogen-bond donors (Lipinski definition) is 2. The van der Waals surface area contributed by atoms with E-state index in [1.807, 2.05) is 43.3 Å². The van der Waals surface area contributed by atoms with Crippen molar-refractivity contribution >= 4 is 23.2 Å². The second-order valence-electron chi connectivity index (χ2n) is 5.63. The van der Waals surface area contributed by atoms with Gasteiger partial charge in [0.1, 0.15) is 0 Å². The van der Waals surface area contributed by atoms with Gasteiger partial charge in [-0.25, -0.2) is 0 Å². The van der Waals surface area contributed by atoms with E-state index in [1.165, 1.54) is 0 Å². The molecule has 25 heavy (non-hydrogen) atoms. The fraction of sp³-hybridized carbons (Fsp3) is 0.316. The molecule has 1 amide bonds. The van der Waals surface area contributed by atoms with Crippen molar-refractivity contribution in [3.05, 3.63) is 52.5 Å². The molecule has 6 heteroatoms. The van der Waals surface area contributed by atoms with Crippen LogP contribution in [0.5, 0.6) is 11.5 Å². The van der Waals surface area contributed by atoms with Crippen LogP contribution in [0.2, 0.25) is 5.02 Å². The highest BCUT2D eigenvalue weighted by Crippen LogP contribution is 2.27. The molecule has 2 N–H and O–H groups in total. The van der Waals surface area contributed by atoms with Gasteiger partial charge in [0.25, 0.3) is 0 Å². The molecule has 0 aliphatic heterocycles. The molecule has 2 aromatic rings. The molecule has 0 unspecified atom stereocenters. The van der Waals surface area contributed by atoms with Gasteiger partial charge in [0.05, 0.1) is 31.5 Å². The number of aryl methyl sites for hydroxylation is 1. The van der Waals surface area contributed by atoms with Gasteiger partial charge in [0.2, 0.25) is 5.91 Å². The molecule has 0 aliphatic rings. The van der Waals surface area contributed by atoms with Gasteiger partial charge >= 0.3 is 0 Å². The smallest absolute Gasteiger partial charge is 0.239 e. The second-order valence-corrected chi connectivity index (χ2v) is 6.03. The number of benzene rings is 2. The van der Waals surface area contributed by atoms with Crippen LogP contribution in [0.25, 0.3) is 0 Å². The van der Waals surface area contributed by atoms with Crippen LogP contribution in [0.4, 0.5) is 5.69 Å². The molecular formula is C19H23ClN2O3. The molecule has 0 saturated carbocycles. The number of halogens is 1. The highest BCUT2D eigenvalue weighted by Gasteiger charge is 2.06. The van der Waals surface area contributed by atoms with Crippen LogP contribution in [-0.4, -0.2) is 33.2 Å². The minimum atomic E-state index is -0.0860. The molecule has 2 rings (SSSR count). The number of nitrogens with one attached hydrogen (secondary N) is 2. The first-order valence-corrected chi connectivity index (χ1v) is 8.39. The zero-order valence-electron chi connectivity index (χ0n) is 14.7. The van der Waals surface area contributed by atoms with E-state index in [1.54, 1.807) is 14.2 Å². The maximum Gasteiger partial charge on any atom is 0.239 e. The van der Waals surface area contributed by atoms with Gasteiger partial charge in [-0.2, -0.15) is 0 Å². The van der Waals surface area contributed by atoms with Crippen LogP contribution in [0, 0.1) is 6.92 Å². The van der Waals surface area contributed by atoms with Gasteiger partial charge in [-0.3, -0.25) is 4.79 Å². The summed E-state index contributed by atoms with van der Waals surface area (Å²) in [7, 11) is 3.20. The lowest BCUT2D eigenvalue weighted by Gasteiger charge is -2.11. The van der Waals surface area contributed by atoms with E-state index in [0.717, 1.165) is 16.8 Å². The zero-order valence-corrected chi connectivity index (χ0v) is 15.4. The molecule has 0 heterocycles. The normalized spacial score (nSPS) is 10.2. The monoisotopic (exact) mass is 362 g/mol. The Morgan fingerprint density at radius 3 is 2.52 bits per heavy atom. The predicted molar refractivity (Wildman–Crippen MR) is 101 cm³/mol. The van der Waals surface area contributed by atoms with Gasteiger partial charge < -0.3 is 20.1 Å². The minimum Gasteiger partial charge on any atom is -0.493 e. The minimum absolute atomic E-state index is 0.0860. The Hall–Kier alpha value is -2.40. The summed E-state index contributed by atoms with van der Waals surface area (Å²) in [6.45, 7) is 2.68. The van der Waals surface area contributed by atoms with Crippen LogP contribution >= 0.6 is 11.6 Å². The third kappa shape index (κ3) is 5.57. The van der Waals surface area contributed by atoms with Crippen molar-refractivity contribution in [1.29, 1.82) is 0 Å². The van der Waals surface area contributed by atoms with Crippen molar-refractivity contribution in [1.82, 2.24) is 5.32 Å². The van der Waals surface area contributed by atoms with E-state index < -0.39 is 0 Å². The molecule has 0 spiro atoms. The first-order valence-electron chi connectivity index (χ1n) is 8.01. The zero-order chi connectivity index (χ0) is 18.2. The number of carbonyl (C=O) groups is 1. The summed E-state index contributed by atoms with van der Waals surface area (Å²) in [5.74, 6) is 1.29. The van der Waals surface area contributed by atoms with Gasteiger partial charge in [-0.05, 0) is 48.7 Å². The van der Waals surface area contributed by atoms with Crippen LogP contribution in [-0.2, 0) is 11.2 Å². The summed E-state index contributed by atoms with van der Waals surface area (Å²) in [6, 6.07) is 11.4. The average Bonchev–Trinajstić information content (AvgIpc) is 2.60. The number of ether oxygens (including phenoxy) is 2. The third-order valence-corrected chi connectivity index (χ3v) is 4.06. The summed E-state index contributed by atoms with van der Waals surface area (Å²) in [6.07, 6.45) is 0.706. The number of methoxy groups -OCH3 is 2. The number of carbonyl (C=O) groups excluding carboxylic acids is 1. The van der Waals surface area contributed by atoms with Crippen molar-refractivity contribution in [3.8, 4) is 11.5 Å². The first-order chi connectivity index (χ1) is 12.0. The maximum atomic E-state index is 11.9. The van der Waals surface area contributed by atoms with Gasteiger partial charge in [-0.15, -0.1) is 0 Å². The molecule has 5 nitrogen and oxygen atoms in total. The van der Waals surface area contributed by atoms with Crippen molar-refractivity contribution in [2.45, 2.75) is 13.3 Å². The molecule has 0 aliphatic carbocycles. The van der Waals surface area contributed by atoms with E-state index in [2.05, 4.69) is 10.6 Å². The van der Waals surface area contributed by atoms with Crippen molar-refractivity contribution < 1.29 is 14.3 Å². The molecule has 2 aromatic carbocycles. The number of amides is 1. The molecule has 134 valence electrons. The van der Waals surface area contributed by atoms with Crippen LogP contribution in [0.15, 0.2) is 36.4 Å². The molecule has 0 aromatic heterocycles. The molecule has 0 bridgehead atoms. The SMILES string of the molecule is COc1ccc(CCNC(=O)CNc2ccc(C)cc2Cl)cc1OC. The van der Waals surface area contributed by atoms with Crippen LogP contribution in [0.3, 0.4) is 0 Å². The van der Waals surface area contributed by atoms with Crippen molar-refractivity contribution in [2.24, 2.45) is 0 Å². The van der Waals surface area contributed by atoms with Crippen molar-refractivity contribution in [3.63, 3.8) is 0 Å². The average molecular weight is 363 g/mol. The Morgan fingerprint density at radius 1 is 1.08 bits per heavy atom. The summed E-state index contributed by atoms with van der Waals surface area (Å²) in [4.78, 5) is 11.9. The first kappa shape index (κ1) is 18.9. The van der Waals surface area contributed by atoms with E-state index in [0.29, 0.717) is 29.5 Å². The van der Waals surface area contributed by atoms with Crippen LogP contribution in [0.1, 0.15) is 11.1 Å². The standard InChI is InChI=1S/C19H23ClN2O3/c1-13-4-6-16(15(20)10-13)22-12-19(23)21-9-8-14-5-7-17(24-2)18(11-14)25-3/h4-7,10-11,22H,8-9,12H2,1-3H3,(H,21,23). The van der Waals surface area contributed by atoms with E-state index >= 15 is 0 Å². The molecule has 0 saturated heterocycles. The largest absolute Gasteiger partial charge is 0.493 e. The number of anilines is 1. The Bertz CT molecular complexity index is 735. The lowest BCUT2D eigenvalue weighted by molar-refractivity contribution is -0.119.